The molecule has 0 spiro atoms. The largest absolute Gasteiger partial charge is 0.479 e. The van der Waals surface area contributed by atoms with E-state index in [2.05, 4.69) is 0 Å². The quantitative estimate of drug-likeness (QED) is 0.479. The van der Waals surface area contributed by atoms with Crippen molar-refractivity contribution >= 4 is 5.97 Å². The van der Waals surface area contributed by atoms with E-state index in [0.717, 1.165) is 0 Å². The zero-order chi connectivity index (χ0) is 4.28. The molecule has 5 heavy (non-hydrogen) atoms. The fourth-order valence-electron chi connectivity index (χ4n) is 0. The second kappa shape index (κ2) is 1.69. The predicted molar refractivity (Wildman–Crippen MR) is 13.6 cm³/mol. The lowest BCUT2D eigenvalue weighted by atomic mass is 10.8. The zero-order valence-electron chi connectivity index (χ0n) is 2.44. The molecule has 0 aromatic heterocycles. The maximum Gasteiger partial charge on any atom is 0.335 e. The first-order valence-corrected chi connectivity index (χ1v) is 1.05. The number of carboxylic acid groups (broad SMARTS) is 1. The first-order valence-electron chi connectivity index (χ1n) is 1.05. The Kier molecular flexibility index (Phi) is 1.49. The lowest BCUT2D eigenvalue weighted by molar-refractivity contribution is -0.137. The lowest BCUT2D eigenvalue weighted by Crippen LogP contribution is -1.93. The lowest BCUT2D eigenvalue weighted by Gasteiger charge is -1.69. The zero-order valence-corrected chi connectivity index (χ0v) is 2.44. The van der Waals surface area contributed by atoms with Gasteiger partial charge in [0.1, 0.15) is 0 Å². The van der Waals surface area contributed by atoms with E-state index in [1.165, 1.54) is 0 Å². The molecule has 0 saturated carbocycles. The minimum atomic E-state index is -1.41. The van der Waals surface area contributed by atoms with Crippen LogP contribution in [0.4, 0.5) is 4.39 Å². The van der Waals surface area contributed by atoms with Crippen LogP contribution in [0.1, 0.15) is 0 Å². The molecule has 0 heterocycles. The molecule has 0 aromatic rings. The highest BCUT2D eigenvalue weighted by Gasteiger charge is 1.85. The molecule has 0 aliphatic rings. The molecule has 0 amide bonds. The molecule has 1 N–H and O–H groups in total. The molecule has 0 radical (unpaired) electrons. The summed E-state index contributed by atoms with van der Waals surface area (Å²) in [5.41, 5.74) is 0. The summed E-state index contributed by atoms with van der Waals surface area (Å²) in [5, 5.41) is 7.35. The molecule has 3 heteroatoms. The number of alkyl halides is 1. The number of hydrogen-bond donors (Lipinski definition) is 1. The van der Waals surface area contributed by atoms with E-state index >= 15 is 0 Å². The molecule has 2 nitrogen and oxygen atoms in total. The van der Waals surface area contributed by atoms with Crippen molar-refractivity contribution in [1.29, 1.82) is 0 Å². The Morgan fingerprint density at radius 3 is 2.20 bits per heavy atom. The molecule has 0 atom stereocenters. The van der Waals surface area contributed by atoms with Gasteiger partial charge in [-0.15, -0.1) is 0 Å². The molecular weight excluding hydrogens is 74.0 g/mol. The fourth-order valence-corrected chi connectivity index (χ4v) is 0. The number of halogens is 1. The van der Waals surface area contributed by atoms with E-state index in [1.807, 2.05) is 0 Å². The molecular formula is C2H3FO2. The summed E-state index contributed by atoms with van der Waals surface area (Å²) < 4.78 is 10.5. The van der Waals surface area contributed by atoms with Gasteiger partial charge in [-0.1, -0.05) is 0 Å². The average Bonchev–Trinajstić information content (AvgIpc) is 1.38. The topological polar surface area (TPSA) is 37.3 Å². The van der Waals surface area contributed by atoms with Crippen LogP contribution in [-0.2, 0) is 4.79 Å². The third-order valence-electron chi connectivity index (χ3n) is 0.114. The Hall–Kier alpha value is -0.600. The number of aliphatic carboxylic acids is 1. The van der Waals surface area contributed by atoms with Gasteiger partial charge in [0.15, 0.2) is 6.67 Å². The molecule has 0 saturated heterocycles. The molecule has 30 valence electrons. The number of hydrogen-bond acceptors (Lipinski definition) is 1. The number of rotatable bonds is 1. The van der Waals surface area contributed by atoms with Gasteiger partial charge in [-0.3, -0.25) is 0 Å². The van der Waals surface area contributed by atoms with Gasteiger partial charge in [0.2, 0.25) is 0 Å². The second-order valence-corrected chi connectivity index (χ2v) is 0.527. The molecule has 0 aliphatic heterocycles. The SMILES string of the molecule is O=C(O)C[18F]. The maximum absolute atomic E-state index is 10.5. The Morgan fingerprint density at radius 2 is 2.20 bits per heavy atom. The molecule has 0 aliphatic carbocycles. The van der Waals surface area contributed by atoms with Gasteiger partial charge in [-0.25, -0.2) is 9.18 Å². The van der Waals surface area contributed by atoms with E-state index in [0.29, 0.717) is 0 Å². The van der Waals surface area contributed by atoms with E-state index < -0.39 is 12.6 Å². The van der Waals surface area contributed by atoms with Crippen LogP contribution in [0.2, 0.25) is 0 Å². The van der Waals surface area contributed by atoms with Crippen molar-refractivity contribution < 1.29 is 14.3 Å². The van der Waals surface area contributed by atoms with Crippen molar-refractivity contribution in [3.8, 4) is 0 Å². The molecule has 0 aromatic carbocycles. The van der Waals surface area contributed by atoms with E-state index in [-0.39, 0.29) is 0 Å². The van der Waals surface area contributed by atoms with E-state index in [4.69, 9.17) is 9.90 Å². The predicted octanol–water partition coefficient (Wildman–Crippen LogP) is 0.0405. The standard InChI is InChI=1S/C2H3FO2/c3-1-2(4)5/h1H2,(H,4,5)/i3-1. The maximum atomic E-state index is 10.5. The molecule has 0 rings (SSSR count). The third-order valence-corrected chi connectivity index (χ3v) is 0.114. The normalized spacial score (nSPS) is 7.40. The highest BCUT2D eigenvalue weighted by molar-refractivity contribution is 5.67. The average molecular weight is 77.0 g/mol. The summed E-state index contributed by atoms with van der Waals surface area (Å²) in [7, 11) is 0. The van der Waals surface area contributed by atoms with Gasteiger partial charge < -0.3 is 5.11 Å². The Labute approximate surface area is 28.2 Å². The van der Waals surface area contributed by atoms with Crippen LogP contribution in [0, 0.1) is 0 Å². The van der Waals surface area contributed by atoms with Crippen LogP contribution in [0.5, 0.6) is 0 Å². The molecule has 0 unspecified atom stereocenters. The van der Waals surface area contributed by atoms with Crippen molar-refractivity contribution in [2.75, 3.05) is 6.67 Å². The summed E-state index contributed by atoms with van der Waals surface area (Å²) in [6.07, 6.45) is 0. The summed E-state index contributed by atoms with van der Waals surface area (Å²) in [4.78, 5) is 8.99. The monoisotopic (exact) mass is 77.0 g/mol. The van der Waals surface area contributed by atoms with Crippen molar-refractivity contribution in [2.45, 2.75) is 0 Å². The van der Waals surface area contributed by atoms with Crippen LogP contribution >= 0.6 is 0 Å². The van der Waals surface area contributed by atoms with Crippen LogP contribution in [0.25, 0.3) is 0 Å². The van der Waals surface area contributed by atoms with Gasteiger partial charge in [-0.05, 0) is 0 Å². The van der Waals surface area contributed by atoms with Crippen LogP contribution in [0.15, 0.2) is 0 Å². The minimum absolute atomic E-state index is 1.28. The van der Waals surface area contributed by atoms with Gasteiger partial charge in [0.25, 0.3) is 0 Å². The van der Waals surface area contributed by atoms with Crippen molar-refractivity contribution in [3.63, 3.8) is 0 Å². The van der Waals surface area contributed by atoms with Crippen LogP contribution < -0.4 is 0 Å². The summed E-state index contributed by atoms with van der Waals surface area (Å²) >= 11 is 0. The fraction of sp³-hybridized carbons (Fsp3) is 0.500. The molecule has 0 bridgehead atoms. The third kappa shape index (κ3) is 3.40. The van der Waals surface area contributed by atoms with E-state index in [1.54, 1.807) is 0 Å². The summed E-state index contributed by atoms with van der Waals surface area (Å²) in [6, 6.07) is 0. The van der Waals surface area contributed by atoms with Gasteiger partial charge in [0, 0.05) is 0 Å². The highest BCUT2D eigenvalue weighted by atomic mass is 18.2. The Morgan fingerprint density at radius 1 is 2.00 bits per heavy atom. The van der Waals surface area contributed by atoms with Crippen LogP contribution in [-0.4, -0.2) is 17.8 Å². The molecule has 0 fully saturated rings. The number of carbonyl (C=O) groups is 1. The highest BCUT2D eigenvalue weighted by Crippen LogP contribution is 1.60. The van der Waals surface area contributed by atoms with Crippen molar-refractivity contribution in [3.05, 3.63) is 0 Å². The first kappa shape index (κ1) is 4.40. The smallest absolute Gasteiger partial charge is 0.335 e. The Balaban J connectivity index is 2.85. The van der Waals surface area contributed by atoms with Crippen molar-refractivity contribution in [2.24, 2.45) is 0 Å². The van der Waals surface area contributed by atoms with Crippen LogP contribution in [0.3, 0.4) is 0 Å². The van der Waals surface area contributed by atoms with Gasteiger partial charge >= 0.3 is 5.97 Å². The van der Waals surface area contributed by atoms with Crippen molar-refractivity contribution in [1.82, 2.24) is 0 Å². The van der Waals surface area contributed by atoms with Gasteiger partial charge in [-0.2, -0.15) is 0 Å². The first-order chi connectivity index (χ1) is 2.27. The summed E-state index contributed by atoms with van der Waals surface area (Å²) in [5.74, 6) is -1.41. The Bertz CT molecular complexity index is 42.9. The second-order valence-electron chi connectivity index (χ2n) is 0.527. The minimum Gasteiger partial charge on any atom is -0.479 e. The van der Waals surface area contributed by atoms with Gasteiger partial charge in [0.05, 0.1) is 0 Å². The summed E-state index contributed by atoms with van der Waals surface area (Å²) in [6.45, 7) is -1.28. The van der Waals surface area contributed by atoms with E-state index in [9.17, 15) is 4.39 Å². The number of carboxylic acids is 1.